The number of alkyl halides is 1. The highest BCUT2D eigenvalue weighted by atomic mass is 19.1. The molecule has 0 aromatic rings. The van der Waals surface area contributed by atoms with Crippen molar-refractivity contribution in [1.82, 2.24) is 5.32 Å². The van der Waals surface area contributed by atoms with Crippen molar-refractivity contribution in [2.45, 2.75) is 13.3 Å². The van der Waals surface area contributed by atoms with Gasteiger partial charge >= 0.3 is 0 Å². The first-order chi connectivity index (χ1) is 6.20. The van der Waals surface area contributed by atoms with Crippen LogP contribution in [0.3, 0.4) is 0 Å². The van der Waals surface area contributed by atoms with Gasteiger partial charge < -0.3 is 5.11 Å². The van der Waals surface area contributed by atoms with Crippen molar-refractivity contribution in [3.05, 3.63) is 36.1 Å². The van der Waals surface area contributed by atoms with E-state index in [1.54, 1.807) is 6.08 Å². The van der Waals surface area contributed by atoms with Gasteiger partial charge in [-0.25, -0.2) is 4.39 Å². The minimum atomic E-state index is -0.507. The number of hydrogen-bond donors (Lipinski definition) is 2. The summed E-state index contributed by atoms with van der Waals surface area (Å²) in [4.78, 5) is 0. The number of aliphatic hydroxyl groups excluding tert-OH is 1. The van der Waals surface area contributed by atoms with E-state index in [-0.39, 0.29) is 5.76 Å². The maximum absolute atomic E-state index is 11.7. The van der Waals surface area contributed by atoms with Crippen LogP contribution < -0.4 is 5.32 Å². The standard InChI is InChI=1S/C10H16FNO/c1-3-10(5-4-9(2)13)6-7-12-8-11/h3-5,12-13H,2,6-8H2,1H3/b5-4-,10-3+. The third-order valence-electron chi connectivity index (χ3n) is 1.55. The fourth-order valence-electron chi connectivity index (χ4n) is 0.827. The van der Waals surface area contributed by atoms with E-state index in [4.69, 9.17) is 5.11 Å². The summed E-state index contributed by atoms with van der Waals surface area (Å²) in [6.07, 6.45) is 5.94. The highest BCUT2D eigenvalue weighted by Crippen LogP contribution is 2.03. The van der Waals surface area contributed by atoms with Crippen LogP contribution >= 0.6 is 0 Å². The van der Waals surface area contributed by atoms with Gasteiger partial charge in [-0.1, -0.05) is 24.3 Å². The molecule has 0 fully saturated rings. The lowest BCUT2D eigenvalue weighted by molar-refractivity contribution is 0.428. The Hall–Kier alpha value is -1.09. The van der Waals surface area contributed by atoms with Crippen LogP contribution in [0.5, 0.6) is 0 Å². The molecular formula is C10H16FNO. The minimum Gasteiger partial charge on any atom is -0.509 e. The van der Waals surface area contributed by atoms with E-state index in [0.717, 1.165) is 12.0 Å². The first kappa shape index (κ1) is 11.9. The second-order valence-corrected chi connectivity index (χ2v) is 2.57. The predicted octanol–water partition coefficient (Wildman–Crippen LogP) is 2.47. The van der Waals surface area contributed by atoms with Crippen molar-refractivity contribution < 1.29 is 9.50 Å². The third kappa shape index (κ3) is 7.28. The Morgan fingerprint density at radius 1 is 1.54 bits per heavy atom. The fraction of sp³-hybridized carbons (Fsp3) is 0.400. The summed E-state index contributed by atoms with van der Waals surface area (Å²) in [6.45, 7) is 5.31. The Kier molecular flexibility index (Phi) is 6.92. The summed E-state index contributed by atoms with van der Waals surface area (Å²) in [6, 6.07) is 0. The molecule has 74 valence electrons. The molecule has 0 unspecified atom stereocenters. The SMILES string of the molecule is C=C(O)/C=C\C(=C/C)CCNCF. The van der Waals surface area contributed by atoms with Gasteiger partial charge in [0.2, 0.25) is 0 Å². The second kappa shape index (κ2) is 7.55. The highest BCUT2D eigenvalue weighted by Gasteiger charge is 1.91. The van der Waals surface area contributed by atoms with E-state index in [1.165, 1.54) is 6.08 Å². The topological polar surface area (TPSA) is 32.3 Å². The Morgan fingerprint density at radius 3 is 2.69 bits per heavy atom. The molecule has 0 spiro atoms. The average Bonchev–Trinajstić information content (AvgIpc) is 2.10. The highest BCUT2D eigenvalue weighted by molar-refractivity contribution is 5.22. The molecule has 0 radical (unpaired) electrons. The van der Waals surface area contributed by atoms with Gasteiger partial charge in [-0.2, -0.15) is 0 Å². The van der Waals surface area contributed by atoms with Crippen LogP contribution in [-0.4, -0.2) is 18.4 Å². The number of aliphatic hydroxyl groups is 1. The van der Waals surface area contributed by atoms with Crippen molar-refractivity contribution in [3.63, 3.8) is 0 Å². The van der Waals surface area contributed by atoms with Crippen molar-refractivity contribution in [2.75, 3.05) is 13.3 Å². The van der Waals surface area contributed by atoms with Crippen LogP contribution in [0, 0.1) is 0 Å². The number of hydrogen-bond acceptors (Lipinski definition) is 2. The van der Waals surface area contributed by atoms with Gasteiger partial charge in [-0.05, 0) is 19.4 Å². The molecule has 0 saturated carbocycles. The van der Waals surface area contributed by atoms with Crippen LogP contribution in [-0.2, 0) is 0 Å². The Morgan fingerprint density at radius 2 is 2.23 bits per heavy atom. The lowest BCUT2D eigenvalue weighted by Crippen LogP contribution is -2.13. The van der Waals surface area contributed by atoms with Crippen LogP contribution in [0.2, 0.25) is 0 Å². The smallest absolute Gasteiger partial charge is 0.140 e. The zero-order valence-corrected chi connectivity index (χ0v) is 7.89. The molecule has 3 heteroatoms. The van der Waals surface area contributed by atoms with Crippen LogP contribution in [0.25, 0.3) is 0 Å². The lowest BCUT2D eigenvalue weighted by atomic mass is 10.1. The van der Waals surface area contributed by atoms with Crippen LogP contribution in [0.15, 0.2) is 36.1 Å². The van der Waals surface area contributed by atoms with Crippen LogP contribution in [0.4, 0.5) is 4.39 Å². The summed E-state index contributed by atoms with van der Waals surface area (Å²) >= 11 is 0. The van der Waals surface area contributed by atoms with Gasteiger partial charge in [0.05, 0.1) is 0 Å². The number of halogens is 1. The molecule has 2 nitrogen and oxygen atoms in total. The fourth-order valence-corrected chi connectivity index (χ4v) is 0.827. The molecule has 0 aliphatic carbocycles. The summed E-state index contributed by atoms with van der Waals surface area (Å²) in [5.41, 5.74) is 1.04. The number of nitrogens with one attached hydrogen (secondary N) is 1. The van der Waals surface area contributed by atoms with Gasteiger partial charge in [0.1, 0.15) is 12.6 Å². The quantitative estimate of drug-likeness (QED) is 0.288. The van der Waals surface area contributed by atoms with Gasteiger partial charge in [0.25, 0.3) is 0 Å². The molecule has 2 N–H and O–H groups in total. The second-order valence-electron chi connectivity index (χ2n) is 2.57. The summed E-state index contributed by atoms with van der Waals surface area (Å²) < 4.78 is 11.7. The molecule has 0 atom stereocenters. The minimum absolute atomic E-state index is 0.0257. The maximum atomic E-state index is 11.7. The molecular weight excluding hydrogens is 169 g/mol. The van der Waals surface area contributed by atoms with Gasteiger partial charge in [0, 0.05) is 6.54 Å². The monoisotopic (exact) mass is 185 g/mol. The van der Waals surface area contributed by atoms with Crippen LogP contribution in [0.1, 0.15) is 13.3 Å². The van der Waals surface area contributed by atoms with E-state index >= 15 is 0 Å². The molecule has 0 aliphatic heterocycles. The van der Waals surface area contributed by atoms with E-state index < -0.39 is 6.80 Å². The van der Waals surface area contributed by atoms with Crippen molar-refractivity contribution in [1.29, 1.82) is 0 Å². The zero-order chi connectivity index (χ0) is 10.1. The molecule has 0 heterocycles. The first-order valence-corrected chi connectivity index (χ1v) is 4.18. The van der Waals surface area contributed by atoms with E-state index in [1.807, 2.05) is 13.0 Å². The third-order valence-corrected chi connectivity index (χ3v) is 1.55. The lowest BCUT2D eigenvalue weighted by Gasteiger charge is -2.00. The van der Waals surface area contributed by atoms with E-state index in [2.05, 4.69) is 11.9 Å². The molecule has 0 rings (SSSR count). The maximum Gasteiger partial charge on any atom is 0.140 e. The molecule has 13 heavy (non-hydrogen) atoms. The summed E-state index contributed by atoms with van der Waals surface area (Å²) in [5, 5.41) is 11.4. The number of allylic oxidation sites excluding steroid dienone is 3. The molecule has 0 aliphatic rings. The number of rotatable bonds is 6. The largest absolute Gasteiger partial charge is 0.509 e. The molecule has 0 aromatic carbocycles. The average molecular weight is 185 g/mol. The molecule has 0 aromatic heterocycles. The normalized spacial score (nSPS) is 12.3. The van der Waals surface area contributed by atoms with E-state index in [9.17, 15) is 4.39 Å². The van der Waals surface area contributed by atoms with Gasteiger partial charge in [0.15, 0.2) is 0 Å². The molecule has 0 saturated heterocycles. The Bertz CT molecular complexity index is 209. The summed E-state index contributed by atoms with van der Waals surface area (Å²) in [5.74, 6) is 0.0257. The molecule has 0 bridgehead atoms. The van der Waals surface area contributed by atoms with E-state index in [0.29, 0.717) is 6.54 Å². The summed E-state index contributed by atoms with van der Waals surface area (Å²) in [7, 11) is 0. The molecule has 0 amide bonds. The van der Waals surface area contributed by atoms with Crippen molar-refractivity contribution in [2.24, 2.45) is 0 Å². The van der Waals surface area contributed by atoms with Crippen molar-refractivity contribution in [3.8, 4) is 0 Å². The van der Waals surface area contributed by atoms with Gasteiger partial charge in [-0.3, -0.25) is 5.32 Å². The zero-order valence-electron chi connectivity index (χ0n) is 7.89. The Labute approximate surface area is 78.5 Å². The van der Waals surface area contributed by atoms with Gasteiger partial charge in [-0.15, -0.1) is 0 Å². The predicted molar refractivity (Wildman–Crippen MR) is 53.3 cm³/mol. The Balaban J connectivity index is 3.84. The van der Waals surface area contributed by atoms with Crippen molar-refractivity contribution >= 4 is 0 Å². The first-order valence-electron chi connectivity index (χ1n) is 4.18.